The predicted molar refractivity (Wildman–Crippen MR) is 111 cm³/mol. The summed E-state index contributed by atoms with van der Waals surface area (Å²) in [7, 11) is 2.91. The standard InChI is InChI=1S/C24H20O5/c1-27-20-14-10-19(11-15-20)23(25)29-21-12-8-17(9-13-21)16-22(24(26)28-2)18-6-4-3-5-7-18/h3-16H,1-2H3. The van der Waals surface area contributed by atoms with Crippen LogP contribution in [0.1, 0.15) is 21.5 Å². The zero-order chi connectivity index (χ0) is 20.6. The molecule has 0 heterocycles. The molecule has 3 aromatic carbocycles. The Morgan fingerprint density at radius 1 is 0.724 bits per heavy atom. The lowest BCUT2D eigenvalue weighted by atomic mass is 10.0. The molecule has 0 atom stereocenters. The number of ether oxygens (including phenoxy) is 3. The van der Waals surface area contributed by atoms with Gasteiger partial charge in [0, 0.05) is 0 Å². The van der Waals surface area contributed by atoms with E-state index in [1.807, 2.05) is 30.3 Å². The summed E-state index contributed by atoms with van der Waals surface area (Å²) in [6, 6.07) is 22.8. The molecular formula is C24H20O5. The number of rotatable bonds is 6. The molecule has 3 rings (SSSR count). The first-order valence-electron chi connectivity index (χ1n) is 8.92. The highest BCUT2D eigenvalue weighted by Gasteiger charge is 2.13. The fourth-order valence-electron chi connectivity index (χ4n) is 2.68. The molecule has 0 amide bonds. The Labute approximate surface area is 169 Å². The average molecular weight is 388 g/mol. The summed E-state index contributed by atoms with van der Waals surface area (Å²) in [5, 5.41) is 0. The lowest BCUT2D eigenvalue weighted by Gasteiger charge is -2.07. The lowest BCUT2D eigenvalue weighted by molar-refractivity contribution is -0.133. The highest BCUT2D eigenvalue weighted by Crippen LogP contribution is 2.22. The lowest BCUT2D eigenvalue weighted by Crippen LogP contribution is -2.08. The third kappa shape index (κ3) is 5.11. The van der Waals surface area contributed by atoms with E-state index in [0.717, 1.165) is 11.1 Å². The first-order chi connectivity index (χ1) is 14.1. The van der Waals surface area contributed by atoms with Crippen LogP contribution in [-0.2, 0) is 9.53 Å². The van der Waals surface area contributed by atoms with Crippen molar-refractivity contribution >= 4 is 23.6 Å². The molecule has 0 radical (unpaired) electrons. The molecule has 0 aromatic heterocycles. The molecule has 0 aliphatic carbocycles. The first-order valence-corrected chi connectivity index (χ1v) is 8.92. The third-order valence-electron chi connectivity index (χ3n) is 4.22. The summed E-state index contributed by atoms with van der Waals surface area (Å²) in [6.07, 6.45) is 1.73. The van der Waals surface area contributed by atoms with Crippen molar-refractivity contribution in [3.05, 3.63) is 95.6 Å². The molecule has 29 heavy (non-hydrogen) atoms. The number of methoxy groups -OCH3 is 2. The Morgan fingerprint density at radius 2 is 1.34 bits per heavy atom. The summed E-state index contributed by atoms with van der Waals surface area (Å²) in [4.78, 5) is 24.4. The molecule has 0 aliphatic heterocycles. The van der Waals surface area contributed by atoms with Crippen molar-refractivity contribution in [3.8, 4) is 11.5 Å². The molecule has 0 saturated heterocycles. The van der Waals surface area contributed by atoms with Crippen LogP contribution in [0.3, 0.4) is 0 Å². The van der Waals surface area contributed by atoms with Crippen LogP contribution in [0.5, 0.6) is 11.5 Å². The molecule has 0 bridgehead atoms. The van der Waals surface area contributed by atoms with Gasteiger partial charge in [0.05, 0.1) is 25.4 Å². The fraction of sp³-hybridized carbons (Fsp3) is 0.0833. The van der Waals surface area contributed by atoms with Crippen molar-refractivity contribution < 1.29 is 23.8 Å². The van der Waals surface area contributed by atoms with Crippen LogP contribution in [0.2, 0.25) is 0 Å². The quantitative estimate of drug-likeness (QED) is 0.267. The third-order valence-corrected chi connectivity index (χ3v) is 4.22. The number of hydrogen-bond donors (Lipinski definition) is 0. The molecule has 0 aliphatic rings. The van der Waals surface area contributed by atoms with E-state index in [9.17, 15) is 9.59 Å². The van der Waals surface area contributed by atoms with Gasteiger partial charge in [-0.1, -0.05) is 42.5 Å². The zero-order valence-corrected chi connectivity index (χ0v) is 16.1. The molecule has 146 valence electrons. The normalized spacial score (nSPS) is 10.9. The van der Waals surface area contributed by atoms with E-state index < -0.39 is 11.9 Å². The molecule has 0 fully saturated rings. The second-order valence-corrected chi connectivity index (χ2v) is 6.10. The van der Waals surface area contributed by atoms with Gasteiger partial charge in [-0.3, -0.25) is 0 Å². The van der Waals surface area contributed by atoms with E-state index >= 15 is 0 Å². The van der Waals surface area contributed by atoms with Gasteiger partial charge < -0.3 is 14.2 Å². The van der Waals surface area contributed by atoms with Crippen LogP contribution in [-0.4, -0.2) is 26.2 Å². The van der Waals surface area contributed by atoms with Crippen molar-refractivity contribution in [1.82, 2.24) is 0 Å². The van der Waals surface area contributed by atoms with Crippen LogP contribution >= 0.6 is 0 Å². The minimum Gasteiger partial charge on any atom is -0.497 e. The SMILES string of the molecule is COC(=O)C(=Cc1ccc(OC(=O)c2ccc(OC)cc2)cc1)c1ccccc1. The summed E-state index contributed by atoms with van der Waals surface area (Å²) < 4.78 is 15.4. The molecule has 0 N–H and O–H groups in total. The molecule has 0 spiro atoms. The molecule has 5 nitrogen and oxygen atoms in total. The minimum absolute atomic E-state index is 0.405. The number of esters is 2. The number of benzene rings is 3. The van der Waals surface area contributed by atoms with E-state index in [4.69, 9.17) is 14.2 Å². The summed E-state index contributed by atoms with van der Waals surface area (Å²) in [6.45, 7) is 0. The van der Waals surface area contributed by atoms with Gasteiger partial charge in [0.2, 0.25) is 0 Å². The van der Waals surface area contributed by atoms with Gasteiger partial charge in [-0.25, -0.2) is 9.59 Å². The van der Waals surface area contributed by atoms with Crippen LogP contribution in [0.15, 0.2) is 78.9 Å². The predicted octanol–water partition coefficient (Wildman–Crippen LogP) is 4.63. The summed E-state index contributed by atoms with van der Waals surface area (Å²) in [5.74, 6) is 0.182. The molecule has 0 unspecified atom stereocenters. The second-order valence-electron chi connectivity index (χ2n) is 6.10. The largest absolute Gasteiger partial charge is 0.497 e. The van der Waals surface area contributed by atoms with E-state index in [2.05, 4.69) is 0 Å². The van der Waals surface area contributed by atoms with E-state index in [0.29, 0.717) is 22.6 Å². The fourth-order valence-corrected chi connectivity index (χ4v) is 2.68. The number of hydrogen-bond acceptors (Lipinski definition) is 5. The monoisotopic (exact) mass is 388 g/mol. The highest BCUT2D eigenvalue weighted by atomic mass is 16.5. The van der Waals surface area contributed by atoms with E-state index in [1.54, 1.807) is 61.7 Å². The van der Waals surface area contributed by atoms with Crippen molar-refractivity contribution in [1.29, 1.82) is 0 Å². The van der Waals surface area contributed by atoms with Crippen molar-refractivity contribution in [2.45, 2.75) is 0 Å². The van der Waals surface area contributed by atoms with Crippen LogP contribution in [0, 0.1) is 0 Å². The maximum atomic E-state index is 12.3. The van der Waals surface area contributed by atoms with Gasteiger partial charge in [0.1, 0.15) is 11.5 Å². The van der Waals surface area contributed by atoms with Crippen LogP contribution in [0.4, 0.5) is 0 Å². The second kappa shape index (κ2) is 9.37. The van der Waals surface area contributed by atoms with Crippen molar-refractivity contribution in [2.24, 2.45) is 0 Å². The Balaban J connectivity index is 1.77. The van der Waals surface area contributed by atoms with E-state index in [-0.39, 0.29) is 0 Å². The summed E-state index contributed by atoms with van der Waals surface area (Å²) in [5.41, 5.74) is 2.40. The van der Waals surface area contributed by atoms with E-state index in [1.165, 1.54) is 7.11 Å². The Kier molecular flexibility index (Phi) is 6.43. The molecule has 5 heteroatoms. The van der Waals surface area contributed by atoms with Gasteiger partial charge in [-0.15, -0.1) is 0 Å². The molecule has 3 aromatic rings. The number of carbonyl (C=O) groups is 2. The molecule has 0 saturated carbocycles. The maximum absolute atomic E-state index is 12.3. The van der Waals surface area contributed by atoms with Gasteiger partial charge in [-0.05, 0) is 53.6 Å². The Bertz CT molecular complexity index is 1000. The molecular weight excluding hydrogens is 368 g/mol. The number of carbonyl (C=O) groups excluding carboxylic acids is 2. The van der Waals surface area contributed by atoms with Gasteiger partial charge >= 0.3 is 11.9 Å². The summed E-state index contributed by atoms with van der Waals surface area (Å²) >= 11 is 0. The van der Waals surface area contributed by atoms with Gasteiger partial charge in [0.15, 0.2) is 0 Å². The Hall–Kier alpha value is -3.86. The highest BCUT2D eigenvalue weighted by molar-refractivity contribution is 6.21. The zero-order valence-electron chi connectivity index (χ0n) is 16.1. The first kappa shape index (κ1) is 19.9. The van der Waals surface area contributed by atoms with Crippen molar-refractivity contribution in [3.63, 3.8) is 0 Å². The van der Waals surface area contributed by atoms with Gasteiger partial charge in [0.25, 0.3) is 0 Å². The topological polar surface area (TPSA) is 61.8 Å². The minimum atomic E-state index is -0.463. The average Bonchev–Trinajstić information content (AvgIpc) is 2.78. The maximum Gasteiger partial charge on any atom is 0.343 e. The van der Waals surface area contributed by atoms with Crippen LogP contribution in [0.25, 0.3) is 11.6 Å². The Morgan fingerprint density at radius 3 is 1.93 bits per heavy atom. The van der Waals surface area contributed by atoms with Gasteiger partial charge in [-0.2, -0.15) is 0 Å². The smallest absolute Gasteiger partial charge is 0.343 e. The van der Waals surface area contributed by atoms with Crippen molar-refractivity contribution in [2.75, 3.05) is 14.2 Å². The van der Waals surface area contributed by atoms with Crippen LogP contribution < -0.4 is 9.47 Å².